The van der Waals surface area contributed by atoms with E-state index in [0.29, 0.717) is 12.0 Å². The molecule has 0 spiro atoms. The highest BCUT2D eigenvalue weighted by molar-refractivity contribution is 5.77. The Morgan fingerprint density at radius 3 is 2.60 bits per heavy atom. The first kappa shape index (κ1) is 10.7. The van der Waals surface area contributed by atoms with Crippen molar-refractivity contribution in [1.29, 1.82) is 0 Å². The molecule has 0 bridgehead atoms. The Hall–Kier alpha value is -0.810. The van der Waals surface area contributed by atoms with Crippen molar-refractivity contribution in [3.05, 3.63) is 0 Å². The van der Waals surface area contributed by atoms with E-state index in [1.165, 1.54) is 25.7 Å². The molecule has 0 radical (unpaired) electrons. The standard InChI is InChI=1S/C10H20N4O/c11-10(12-9-3-1-2-4-9)13-14-5-7-15-8-6-14/h9H,1-8H2,(H3,11,12,13). The van der Waals surface area contributed by atoms with Crippen LogP contribution in [0.3, 0.4) is 0 Å². The van der Waals surface area contributed by atoms with Crippen molar-refractivity contribution < 1.29 is 4.74 Å². The van der Waals surface area contributed by atoms with Crippen LogP contribution in [0.4, 0.5) is 0 Å². The molecule has 15 heavy (non-hydrogen) atoms. The fourth-order valence-corrected chi connectivity index (χ4v) is 2.10. The van der Waals surface area contributed by atoms with E-state index >= 15 is 0 Å². The van der Waals surface area contributed by atoms with Gasteiger partial charge >= 0.3 is 0 Å². The second kappa shape index (κ2) is 5.32. The molecule has 86 valence electrons. The smallest absolute Gasteiger partial charge is 0.203 e. The molecule has 5 nitrogen and oxygen atoms in total. The molecule has 1 aliphatic carbocycles. The second-order valence-corrected chi connectivity index (χ2v) is 4.16. The van der Waals surface area contributed by atoms with Crippen molar-refractivity contribution in [3.63, 3.8) is 0 Å². The third-order valence-electron chi connectivity index (χ3n) is 2.93. The van der Waals surface area contributed by atoms with Crippen LogP contribution < -0.4 is 11.2 Å². The van der Waals surface area contributed by atoms with Gasteiger partial charge in [-0.1, -0.05) is 12.8 Å². The van der Waals surface area contributed by atoms with Gasteiger partial charge in [-0.05, 0) is 12.8 Å². The number of morpholine rings is 1. The molecule has 1 saturated carbocycles. The van der Waals surface area contributed by atoms with Crippen molar-refractivity contribution in [3.8, 4) is 0 Å². The lowest BCUT2D eigenvalue weighted by molar-refractivity contribution is 0.0245. The van der Waals surface area contributed by atoms with Gasteiger partial charge in [0, 0.05) is 13.1 Å². The molecule has 0 aromatic carbocycles. The van der Waals surface area contributed by atoms with E-state index in [1.54, 1.807) is 0 Å². The van der Waals surface area contributed by atoms with Gasteiger partial charge in [0.1, 0.15) is 0 Å². The minimum Gasteiger partial charge on any atom is -0.379 e. The van der Waals surface area contributed by atoms with E-state index in [2.05, 4.69) is 15.4 Å². The molecule has 0 atom stereocenters. The van der Waals surface area contributed by atoms with Crippen LogP contribution in [0.5, 0.6) is 0 Å². The van der Waals surface area contributed by atoms with E-state index in [1.807, 2.05) is 0 Å². The number of hydrazine groups is 1. The quantitative estimate of drug-likeness (QED) is 0.502. The fourth-order valence-electron chi connectivity index (χ4n) is 2.10. The zero-order chi connectivity index (χ0) is 10.5. The number of ether oxygens (including phenoxy) is 1. The van der Waals surface area contributed by atoms with E-state index in [0.717, 1.165) is 26.3 Å². The topological polar surface area (TPSA) is 62.9 Å². The number of nitrogens with two attached hydrogens (primary N) is 1. The lowest BCUT2D eigenvalue weighted by Gasteiger charge is -2.27. The molecule has 0 aromatic heterocycles. The summed E-state index contributed by atoms with van der Waals surface area (Å²) >= 11 is 0. The summed E-state index contributed by atoms with van der Waals surface area (Å²) in [6.45, 7) is 3.29. The maximum absolute atomic E-state index is 5.84. The Morgan fingerprint density at radius 2 is 1.93 bits per heavy atom. The number of rotatable bonds is 2. The van der Waals surface area contributed by atoms with Crippen LogP contribution in [0.15, 0.2) is 4.99 Å². The van der Waals surface area contributed by atoms with Crippen molar-refractivity contribution in [2.45, 2.75) is 31.7 Å². The van der Waals surface area contributed by atoms with Crippen molar-refractivity contribution in [1.82, 2.24) is 10.4 Å². The third-order valence-corrected chi connectivity index (χ3v) is 2.93. The van der Waals surface area contributed by atoms with Gasteiger partial charge in [0.05, 0.1) is 19.3 Å². The van der Waals surface area contributed by atoms with Gasteiger partial charge in [0.2, 0.25) is 5.96 Å². The normalized spacial score (nSPS) is 25.7. The lowest BCUT2D eigenvalue weighted by Crippen LogP contribution is -2.51. The van der Waals surface area contributed by atoms with Crippen LogP contribution in [0.2, 0.25) is 0 Å². The minimum absolute atomic E-state index is 0.443. The molecule has 2 aliphatic rings. The highest BCUT2D eigenvalue weighted by Gasteiger charge is 2.15. The van der Waals surface area contributed by atoms with Gasteiger partial charge in [0.25, 0.3) is 0 Å². The zero-order valence-corrected chi connectivity index (χ0v) is 9.11. The van der Waals surface area contributed by atoms with Gasteiger partial charge in [0.15, 0.2) is 0 Å². The van der Waals surface area contributed by atoms with Crippen molar-refractivity contribution in [2.75, 3.05) is 26.3 Å². The zero-order valence-electron chi connectivity index (χ0n) is 9.11. The predicted molar refractivity (Wildman–Crippen MR) is 59.4 cm³/mol. The van der Waals surface area contributed by atoms with Gasteiger partial charge in [-0.2, -0.15) is 0 Å². The molecule has 2 rings (SSSR count). The van der Waals surface area contributed by atoms with E-state index < -0.39 is 0 Å². The number of nitrogens with one attached hydrogen (secondary N) is 1. The molecule has 1 saturated heterocycles. The Labute approximate surface area is 90.6 Å². The average molecular weight is 212 g/mol. The summed E-state index contributed by atoms with van der Waals surface area (Å²) in [5.74, 6) is 0.559. The number of hydrogen-bond acceptors (Lipinski definition) is 3. The number of aliphatic imine (C=N–C) groups is 1. The summed E-state index contributed by atoms with van der Waals surface area (Å²) in [6.07, 6.45) is 4.95. The highest BCUT2D eigenvalue weighted by atomic mass is 16.5. The largest absolute Gasteiger partial charge is 0.379 e. The minimum atomic E-state index is 0.443. The van der Waals surface area contributed by atoms with Crippen LogP contribution in [0.1, 0.15) is 25.7 Å². The van der Waals surface area contributed by atoms with Crippen LogP contribution in [0.25, 0.3) is 0 Å². The van der Waals surface area contributed by atoms with Crippen LogP contribution >= 0.6 is 0 Å². The molecular weight excluding hydrogens is 192 g/mol. The van der Waals surface area contributed by atoms with Gasteiger partial charge in [-0.15, -0.1) is 0 Å². The molecular formula is C10H20N4O. The molecule has 3 N–H and O–H groups in total. The first-order valence-corrected chi connectivity index (χ1v) is 5.77. The molecule has 0 aromatic rings. The summed E-state index contributed by atoms with van der Waals surface area (Å²) in [4.78, 5) is 4.47. The van der Waals surface area contributed by atoms with Crippen LogP contribution in [-0.2, 0) is 4.74 Å². The average Bonchev–Trinajstić information content (AvgIpc) is 2.71. The maximum atomic E-state index is 5.84. The number of hydrogen-bond donors (Lipinski definition) is 2. The van der Waals surface area contributed by atoms with E-state index in [4.69, 9.17) is 10.5 Å². The Bertz CT molecular complexity index is 219. The molecule has 1 heterocycles. The van der Waals surface area contributed by atoms with Crippen LogP contribution in [0, 0.1) is 0 Å². The predicted octanol–water partition coefficient (Wildman–Crippen LogP) is 0.0805. The maximum Gasteiger partial charge on any atom is 0.203 e. The lowest BCUT2D eigenvalue weighted by atomic mass is 10.3. The Balaban J connectivity index is 1.76. The van der Waals surface area contributed by atoms with E-state index in [9.17, 15) is 0 Å². The molecule has 2 fully saturated rings. The molecule has 0 unspecified atom stereocenters. The summed E-state index contributed by atoms with van der Waals surface area (Å²) < 4.78 is 5.25. The summed E-state index contributed by atoms with van der Waals surface area (Å²) in [5, 5.41) is 2.07. The fraction of sp³-hybridized carbons (Fsp3) is 0.900. The van der Waals surface area contributed by atoms with E-state index in [-0.39, 0.29) is 0 Å². The van der Waals surface area contributed by atoms with Gasteiger partial charge in [-0.3, -0.25) is 5.43 Å². The van der Waals surface area contributed by atoms with Gasteiger partial charge in [-0.25, -0.2) is 10.0 Å². The highest BCUT2D eigenvalue weighted by Crippen LogP contribution is 2.20. The Morgan fingerprint density at radius 1 is 1.27 bits per heavy atom. The number of nitrogens with zero attached hydrogens (tertiary/aromatic N) is 2. The molecule has 5 heteroatoms. The molecule has 0 amide bonds. The first-order valence-electron chi connectivity index (χ1n) is 5.77. The monoisotopic (exact) mass is 212 g/mol. The SMILES string of the molecule is NC(=NC1CCCC1)NN1CCOCC1. The summed E-state index contributed by atoms with van der Waals surface area (Å²) in [7, 11) is 0. The van der Waals surface area contributed by atoms with Gasteiger partial charge < -0.3 is 10.5 Å². The Kier molecular flexibility index (Phi) is 3.80. The number of guanidine groups is 1. The van der Waals surface area contributed by atoms with Crippen molar-refractivity contribution in [2.24, 2.45) is 10.7 Å². The summed E-state index contributed by atoms with van der Waals surface area (Å²) in [5.41, 5.74) is 8.97. The molecule has 1 aliphatic heterocycles. The first-order chi connectivity index (χ1) is 7.34. The second-order valence-electron chi connectivity index (χ2n) is 4.16. The van der Waals surface area contributed by atoms with Crippen molar-refractivity contribution >= 4 is 5.96 Å². The third kappa shape index (κ3) is 3.35. The van der Waals surface area contributed by atoms with Crippen LogP contribution in [-0.4, -0.2) is 43.3 Å². The summed E-state index contributed by atoms with van der Waals surface area (Å²) in [6, 6.07) is 0.443.